The fourth-order valence-electron chi connectivity index (χ4n) is 2.30. The van der Waals surface area contributed by atoms with Gasteiger partial charge in [0.25, 0.3) is 0 Å². The first-order chi connectivity index (χ1) is 13.8. The second-order valence-corrected chi connectivity index (χ2v) is 11.3. The standard InChI is InChI=1S/C17H23F3O8S2/c1-12(2)27-16(24)14-5-3-13(4-6-14)15(23)11-29(9-7-21,10-8-22)28-30(25,26)17(18,19)20/h3-6,12,21-22H,7-11H2,1-2H3. The van der Waals surface area contributed by atoms with Crippen molar-refractivity contribution < 1.29 is 49.8 Å². The van der Waals surface area contributed by atoms with Crippen LogP contribution in [0.25, 0.3) is 0 Å². The second kappa shape index (κ2) is 10.6. The van der Waals surface area contributed by atoms with Gasteiger partial charge in [-0.2, -0.15) is 21.6 Å². The van der Waals surface area contributed by atoms with Crippen molar-refractivity contribution in [1.29, 1.82) is 0 Å². The Hall–Kier alpha value is -1.67. The number of rotatable bonds is 11. The largest absolute Gasteiger partial charge is 0.523 e. The molecule has 0 aliphatic rings. The van der Waals surface area contributed by atoms with E-state index in [2.05, 4.69) is 3.63 Å². The number of esters is 1. The van der Waals surface area contributed by atoms with Gasteiger partial charge in [0.15, 0.2) is 5.78 Å². The molecule has 0 spiro atoms. The van der Waals surface area contributed by atoms with Crippen molar-refractivity contribution in [2.75, 3.05) is 30.5 Å². The highest BCUT2D eigenvalue weighted by molar-refractivity contribution is 8.33. The van der Waals surface area contributed by atoms with Crippen LogP contribution in [0.3, 0.4) is 0 Å². The second-order valence-electron chi connectivity index (χ2n) is 6.39. The van der Waals surface area contributed by atoms with Crippen molar-refractivity contribution >= 4 is 32.2 Å². The lowest BCUT2D eigenvalue weighted by atomic mass is 10.1. The molecule has 0 saturated heterocycles. The van der Waals surface area contributed by atoms with E-state index in [0.717, 1.165) is 0 Å². The average molecular weight is 476 g/mol. The minimum Gasteiger partial charge on any atom is -0.459 e. The third-order valence-electron chi connectivity index (χ3n) is 3.62. The maximum Gasteiger partial charge on any atom is 0.523 e. The van der Waals surface area contributed by atoms with Crippen molar-refractivity contribution in [3.8, 4) is 0 Å². The number of ether oxygens (including phenoxy) is 1. The lowest BCUT2D eigenvalue weighted by Crippen LogP contribution is -2.33. The summed E-state index contributed by atoms with van der Waals surface area (Å²) < 4.78 is 70.7. The smallest absolute Gasteiger partial charge is 0.459 e. The van der Waals surface area contributed by atoms with Gasteiger partial charge in [-0.25, -0.2) is 8.42 Å². The van der Waals surface area contributed by atoms with E-state index in [1.54, 1.807) is 13.8 Å². The Morgan fingerprint density at radius 3 is 1.87 bits per heavy atom. The fourth-order valence-corrected chi connectivity index (χ4v) is 6.66. The van der Waals surface area contributed by atoms with Crippen LogP contribution in [0.4, 0.5) is 13.2 Å². The van der Waals surface area contributed by atoms with Crippen molar-refractivity contribution in [3.05, 3.63) is 35.4 Å². The first kappa shape index (κ1) is 26.4. The maximum absolute atomic E-state index is 12.8. The van der Waals surface area contributed by atoms with Gasteiger partial charge in [0.2, 0.25) is 0 Å². The van der Waals surface area contributed by atoms with Gasteiger partial charge in [-0.3, -0.25) is 4.79 Å². The predicted molar refractivity (Wildman–Crippen MR) is 104 cm³/mol. The minimum absolute atomic E-state index is 0.0168. The van der Waals surface area contributed by atoms with Gasteiger partial charge >= 0.3 is 21.6 Å². The molecule has 172 valence electrons. The number of hydrogen-bond acceptors (Lipinski definition) is 8. The van der Waals surface area contributed by atoms with E-state index < -0.39 is 68.2 Å². The third kappa shape index (κ3) is 7.23. The summed E-state index contributed by atoms with van der Waals surface area (Å²) in [5, 5.41) is 18.4. The van der Waals surface area contributed by atoms with Crippen LogP contribution in [0.5, 0.6) is 0 Å². The highest BCUT2D eigenvalue weighted by atomic mass is 32.3. The number of halogens is 3. The Morgan fingerprint density at radius 1 is 1.00 bits per heavy atom. The van der Waals surface area contributed by atoms with Gasteiger partial charge in [-0.15, -0.1) is 10.3 Å². The molecule has 0 saturated carbocycles. The number of ketones is 1. The molecule has 0 unspecified atom stereocenters. The van der Waals surface area contributed by atoms with Crippen LogP contribution in [-0.4, -0.2) is 72.5 Å². The van der Waals surface area contributed by atoms with Gasteiger partial charge in [-0.05, 0) is 26.0 Å². The highest BCUT2D eigenvalue weighted by Crippen LogP contribution is 2.52. The number of Topliss-reactive ketones (excluding diaryl/α,β-unsaturated/α-hetero) is 1. The summed E-state index contributed by atoms with van der Waals surface area (Å²) in [6.07, 6.45) is -0.368. The maximum atomic E-state index is 12.8. The van der Waals surface area contributed by atoms with E-state index in [1.165, 1.54) is 24.3 Å². The Bertz CT molecular complexity index is 830. The van der Waals surface area contributed by atoms with Crippen LogP contribution in [0.1, 0.15) is 34.6 Å². The summed E-state index contributed by atoms with van der Waals surface area (Å²) in [7, 11) is -9.43. The van der Waals surface area contributed by atoms with E-state index in [0.29, 0.717) is 0 Å². The van der Waals surface area contributed by atoms with E-state index in [1.807, 2.05) is 0 Å². The Morgan fingerprint density at radius 2 is 1.47 bits per heavy atom. The highest BCUT2D eigenvalue weighted by Gasteiger charge is 2.51. The summed E-state index contributed by atoms with van der Waals surface area (Å²) in [5.41, 5.74) is -5.60. The first-order valence-electron chi connectivity index (χ1n) is 8.61. The van der Waals surface area contributed by atoms with Gasteiger partial charge in [0, 0.05) is 17.1 Å². The number of hydrogen-bond donors (Lipinski definition) is 2. The predicted octanol–water partition coefficient (Wildman–Crippen LogP) is 2.00. The minimum atomic E-state index is -6.06. The molecule has 8 nitrogen and oxygen atoms in total. The zero-order chi connectivity index (χ0) is 23.2. The molecule has 0 aliphatic heterocycles. The molecule has 0 fully saturated rings. The molecule has 1 rings (SSSR count). The number of aliphatic hydroxyl groups excluding tert-OH is 2. The molecule has 0 radical (unpaired) electrons. The number of carbonyl (C=O) groups excluding carboxylic acids is 2. The topological polar surface area (TPSA) is 127 Å². The zero-order valence-corrected chi connectivity index (χ0v) is 17.8. The van der Waals surface area contributed by atoms with Crippen LogP contribution in [0, 0.1) is 0 Å². The van der Waals surface area contributed by atoms with Gasteiger partial charge < -0.3 is 14.9 Å². The van der Waals surface area contributed by atoms with Gasteiger partial charge in [-0.1, -0.05) is 12.1 Å². The lowest BCUT2D eigenvalue weighted by Gasteiger charge is -2.37. The van der Waals surface area contributed by atoms with Crippen LogP contribution in [0.2, 0.25) is 0 Å². The summed E-state index contributed by atoms with van der Waals surface area (Å²) in [6.45, 7) is 1.79. The zero-order valence-electron chi connectivity index (χ0n) is 16.2. The van der Waals surface area contributed by atoms with Gasteiger partial charge in [0.05, 0.1) is 30.6 Å². The van der Waals surface area contributed by atoms with Crippen molar-refractivity contribution in [2.24, 2.45) is 0 Å². The van der Waals surface area contributed by atoms with Crippen LogP contribution < -0.4 is 0 Å². The summed E-state index contributed by atoms with van der Waals surface area (Å²) in [4.78, 5) is 24.4. The molecular formula is C17H23F3O8S2. The third-order valence-corrected chi connectivity index (χ3v) is 8.70. The van der Waals surface area contributed by atoms with Crippen LogP contribution in [-0.2, 0) is 18.5 Å². The molecule has 0 amide bonds. The van der Waals surface area contributed by atoms with E-state index in [4.69, 9.17) is 4.74 Å². The van der Waals surface area contributed by atoms with E-state index in [-0.39, 0.29) is 17.2 Å². The first-order valence-corrected chi connectivity index (χ1v) is 12.1. The van der Waals surface area contributed by atoms with Crippen molar-refractivity contribution in [2.45, 2.75) is 25.5 Å². The molecule has 0 heterocycles. The quantitative estimate of drug-likeness (QED) is 0.282. The molecule has 1 aromatic carbocycles. The Kier molecular flexibility index (Phi) is 9.29. The summed E-state index contributed by atoms with van der Waals surface area (Å²) in [5.74, 6) is -3.31. The molecule has 0 aromatic heterocycles. The molecule has 30 heavy (non-hydrogen) atoms. The molecule has 0 atom stereocenters. The molecule has 1 aromatic rings. The fraction of sp³-hybridized carbons (Fsp3) is 0.529. The van der Waals surface area contributed by atoms with Crippen molar-refractivity contribution in [1.82, 2.24) is 0 Å². The summed E-state index contributed by atoms with van der Waals surface area (Å²) in [6, 6.07) is 5.03. The normalized spacial score (nSPS) is 13.3. The number of benzene rings is 1. The van der Waals surface area contributed by atoms with Crippen molar-refractivity contribution in [3.63, 3.8) is 0 Å². The molecule has 2 N–H and O–H groups in total. The van der Waals surface area contributed by atoms with Crippen LogP contribution in [0.15, 0.2) is 24.3 Å². The summed E-state index contributed by atoms with van der Waals surface area (Å²) >= 11 is 0. The lowest BCUT2D eigenvalue weighted by molar-refractivity contribution is -0.0496. The molecule has 0 aliphatic carbocycles. The Labute approximate surface area is 173 Å². The van der Waals surface area contributed by atoms with E-state index in [9.17, 15) is 41.4 Å². The number of alkyl halides is 3. The average Bonchev–Trinajstić information content (AvgIpc) is 2.60. The van der Waals surface area contributed by atoms with Crippen LogP contribution >= 0.6 is 10.3 Å². The molecular weight excluding hydrogens is 453 g/mol. The molecule has 13 heteroatoms. The van der Waals surface area contributed by atoms with E-state index >= 15 is 0 Å². The number of aliphatic hydroxyl groups is 2. The Balaban J connectivity index is 3.14. The SMILES string of the molecule is CC(C)OC(=O)c1ccc(C(=O)CS(CCO)(CCO)OS(=O)(=O)C(F)(F)F)cc1. The molecule has 0 bridgehead atoms. The van der Waals surface area contributed by atoms with Gasteiger partial charge in [0.1, 0.15) is 0 Å². The number of carbonyl (C=O) groups is 2. The monoisotopic (exact) mass is 476 g/mol.